The number of imidazole rings is 1. The Morgan fingerprint density at radius 2 is 1.78 bits per heavy atom. The van der Waals surface area contributed by atoms with Gasteiger partial charge in [0.15, 0.2) is 17.0 Å². The van der Waals surface area contributed by atoms with E-state index in [1.54, 1.807) is 13.3 Å². The fraction of sp³-hybridized carbons (Fsp3) is 0.606. The van der Waals surface area contributed by atoms with Gasteiger partial charge < -0.3 is 45.1 Å². The molecule has 274 valence electrons. The van der Waals surface area contributed by atoms with E-state index in [4.69, 9.17) is 29.6 Å². The van der Waals surface area contributed by atoms with Crippen molar-refractivity contribution in [2.75, 3.05) is 37.4 Å². The highest BCUT2D eigenvalue weighted by Crippen LogP contribution is 2.36. The lowest BCUT2D eigenvalue weighted by molar-refractivity contribution is -0.192. The number of aliphatic hydroxyl groups excluding tert-OH is 2. The zero-order chi connectivity index (χ0) is 36.2. The van der Waals surface area contributed by atoms with Gasteiger partial charge >= 0.3 is 12.1 Å². The number of carboxylic acid groups (broad SMARTS) is 1. The Bertz CT molecular complexity index is 1610. The molecule has 3 aromatic rings. The second kappa shape index (κ2) is 15.9. The Labute approximate surface area is 287 Å². The molecule has 2 aliphatic carbocycles. The first-order valence-electron chi connectivity index (χ1n) is 16.8. The fourth-order valence-electron chi connectivity index (χ4n) is 6.71. The first-order valence-corrected chi connectivity index (χ1v) is 16.8. The standard InChI is InChI=1S/C31H44N8O4.C2HF3O2/c1-4-25(40)33-22-15-23(28(42)27(22)41)39-18-32-26-29(35-31(36-30(26)39)38-14-13-20(16-38)37(2)3)34-21-11-8-12-24(21)43-17-19-9-6-5-7-10-19;3-2(4,5)1(6)7/h5-7,9-10,18,20-24,27-28,41-42H,4,8,11-17H2,1-3H3,(H,33,40)(H,34,35,36);(H,6,7)/t20-,21-,22+,23-,24-,27-,28+;/m1./s1. The average Bonchev–Trinajstić information content (AvgIpc) is 3.89. The van der Waals surface area contributed by atoms with Crippen LogP contribution >= 0.6 is 0 Å². The SMILES string of the molecule is CCC(=O)N[C@H]1C[C@@H](n2cnc3c(N[C@@H]4CCC[C@H]4OCc4ccccc4)nc(N4CC[C@@H](N(C)C)C4)nc32)[C@H](O)[C@@H]1O.O=C(O)C(F)(F)F. The third-order valence-electron chi connectivity index (χ3n) is 9.59. The number of aromatic nitrogens is 4. The number of hydrogen-bond donors (Lipinski definition) is 5. The number of benzene rings is 1. The highest BCUT2D eigenvalue weighted by Gasteiger charge is 2.44. The number of anilines is 2. The predicted molar refractivity (Wildman–Crippen MR) is 177 cm³/mol. The Kier molecular flexibility index (Phi) is 11.8. The number of carboxylic acids is 1. The molecule has 3 heterocycles. The van der Waals surface area contributed by atoms with E-state index in [1.165, 1.54) is 0 Å². The van der Waals surface area contributed by atoms with Gasteiger partial charge in [0.1, 0.15) is 12.2 Å². The van der Waals surface area contributed by atoms with Gasteiger partial charge in [-0.25, -0.2) is 9.78 Å². The van der Waals surface area contributed by atoms with E-state index < -0.39 is 36.4 Å². The number of aliphatic carboxylic acids is 1. The molecule has 2 saturated carbocycles. The largest absolute Gasteiger partial charge is 0.490 e. The molecule has 2 aromatic heterocycles. The second-order valence-electron chi connectivity index (χ2n) is 13.2. The number of likely N-dealkylation sites (N-methyl/N-ethyl adjacent to an activating group) is 1. The first-order chi connectivity index (χ1) is 23.8. The van der Waals surface area contributed by atoms with Crippen LogP contribution in [0.3, 0.4) is 0 Å². The molecule has 0 bridgehead atoms. The quantitative estimate of drug-likeness (QED) is 0.209. The maximum Gasteiger partial charge on any atom is 0.490 e. The van der Waals surface area contributed by atoms with Crippen molar-refractivity contribution >= 4 is 34.8 Å². The van der Waals surface area contributed by atoms with Crippen LogP contribution in [0.2, 0.25) is 0 Å². The zero-order valence-corrected chi connectivity index (χ0v) is 28.3. The van der Waals surface area contributed by atoms with Gasteiger partial charge in [-0.15, -0.1) is 0 Å². The maximum atomic E-state index is 12.1. The van der Waals surface area contributed by atoms with Crippen molar-refractivity contribution in [1.29, 1.82) is 0 Å². The predicted octanol–water partition coefficient (Wildman–Crippen LogP) is 2.71. The van der Waals surface area contributed by atoms with Gasteiger partial charge in [-0.2, -0.15) is 23.1 Å². The highest BCUT2D eigenvalue weighted by molar-refractivity contribution is 5.85. The smallest absolute Gasteiger partial charge is 0.475 e. The normalized spacial score (nSPS) is 26.7. The van der Waals surface area contributed by atoms with Gasteiger partial charge in [0.05, 0.1) is 37.2 Å². The Morgan fingerprint density at radius 1 is 1.06 bits per heavy atom. The molecule has 0 radical (unpaired) electrons. The number of nitrogens with one attached hydrogen (secondary N) is 2. The highest BCUT2D eigenvalue weighted by atomic mass is 19.4. The van der Waals surface area contributed by atoms with Gasteiger partial charge in [-0.05, 0) is 51.8 Å². The molecule has 1 amide bonds. The number of hydrogen-bond acceptors (Lipinski definition) is 11. The van der Waals surface area contributed by atoms with Gasteiger partial charge in [0.25, 0.3) is 0 Å². The van der Waals surface area contributed by atoms with E-state index in [2.05, 4.69) is 46.7 Å². The minimum absolute atomic E-state index is 0.0374. The monoisotopic (exact) mass is 706 g/mol. The fourth-order valence-corrected chi connectivity index (χ4v) is 6.71. The number of rotatable bonds is 10. The van der Waals surface area contributed by atoms with Crippen LogP contribution in [0, 0.1) is 0 Å². The summed E-state index contributed by atoms with van der Waals surface area (Å²) in [4.78, 5) is 40.1. The average molecular weight is 707 g/mol. The lowest BCUT2D eigenvalue weighted by Gasteiger charge is -2.24. The minimum atomic E-state index is -5.08. The third kappa shape index (κ3) is 8.62. The number of carbonyl (C=O) groups is 2. The lowest BCUT2D eigenvalue weighted by atomic mass is 10.2. The summed E-state index contributed by atoms with van der Waals surface area (Å²) in [5, 5.41) is 35.5. The van der Waals surface area contributed by atoms with Crippen molar-refractivity contribution in [2.45, 2.75) is 101 Å². The summed E-state index contributed by atoms with van der Waals surface area (Å²) >= 11 is 0. The van der Waals surface area contributed by atoms with E-state index in [9.17, 15) is 28.2 Å². The molecule has 7 atom stereocenters. The summed E-state index contributed by atoms with van der Waals surface area (Å²) in [7, 11) is 4.19. The van der Waals surface area contributed by atoms with Gasteiger partial charge in [0, 0.05) is 25.6 Å². The van der Waals surface area contributed by atoms with Crippen molar-refractivity contribution in [3.63, 3.8) is 0 Å². The maximum absolute atomic E-state index is 12.1. The van der Waals surface area contributed by atoms with E-state index >= 15 is 0 Å². The Balaban J connectivity index is 0.000000630. The molecule has 0 unspecified atom stereocenters. The Morgan fingerprint density at radius 3 is 2.42 bits per heavy atom. The molecule has 0 spiro atoms. The van der Waals surface area contributed by atoms with Crippen LogP contribution in [-0.2, 0) is 20.9 Å². The molecule has 3 fully saturated rings. The number of amides is 1. The number of aliphatic hydroxyl groups is 2. The van der Waals surface area contributed by atoms with Crippen molar-refractivity contribution in [1.82, 2.24) is 29.7 Å². The van der Waals surface area contributed by atoms with Crippen molar-refractivity contribution in [3.05, 3.63) is 42.2 Å². The molecule has 1 aromatic carbocycles. The molecule has 3 aliphatic rings. The molecule has 1 aliphatic heterocycles. The van der Waals surface area contributed by atoms with Gasteiger partial charge in [0.2, 0.25) is 11.9 Å². The van der Waals surface area contributed by atoms with Gasteiger partial charge in [-0.3, -0.25) is 4.79 Å². The zero-order valence-electron chi connectivity index (χ0n) is 28.3. The van der Waals surface area contributed by atoms with Crippen molar-refractivity contribution in [2.24, 2.45) is 0 Å². The van der Waals surface area contributed by atoms with Crippen molar-refractivity contribution in [3.8, 4) is 0 Å². The minimum Gasteiger partial charge on any atom is -0.475 e. The molecule has 6 rings (SSSR count). The third-order valence-corrected chi connectivity index (χ3v) is 9.59. The Hall–Kier alpha value is -4.06. The number of nitrogens with zero attached hydrogens (tertiary/aromatic N) is 6. The lowest BCUT2D eigenvalue weighted by Crippen LogP contribution is -2.42. The van der Waals surface area contributed by atoms with Crippen LogP contribution in [0.5, 0.6) is 0 Å². The summed E-state index contributed by atoms with van der Waals surface area (Å²) in [6, 6.07) is 9.64. The van der Waals surface area contributed by atoms with Crippen LogP contribution in [0.15, 0.2) is 36.7 Å². The number of alkyl halides is 3. The topological polar surface area (TPSA) is 178 Å². The summed E-state index contributed by atoms with van der Waals surface area (Å²) < 4.78 is 40.0. The molecule has 50 heavy (non-hydrogen) atoms. The summed E-state index contributed by atoms with van der Waals surface area (Å²) in [6.45, 7) is 3.97. The van der Waals surface area contributed by atoms with Crippen LogP contribution < -0.4 is 15.5 Å². The van der Waals surface area contributed by atoms with Crippen LogP contribution in [0.25, 0.3) is 11.2 Å². The van der Waals surface area contributed by atoms with Crippen LogP contribution in [0.4, 0.5) is 24.9 Å². The number of ether oxygens (including phenoxy) is 1. The van der Waals surface area contributed by atoms with E-state index in [0.717, 1.165) is 44.3 Å². The second-order valence-corrected chi connectivity index (χ2v) is 13.2. The molecular formula is C33H45F3N8O6. The molecule has 5 N–H and O–H groups in total. The van der Waals surface area contributed by atoms with E-state index in [1.807, 2.05) is 22.8 Å². The molecular weight excluding hydrogens is 661 g/mol. The first kappa shape index (κ1) is 37.2. The summed E-state index contributed by atoms with van der Waals surface area (Å²) in [5.74, 6) is -1.65. The number of fused-ring (bicyclic) bond motifs is 1. The summed E-state index contributed by atoms with van der Waals surface area (Å²) in [5.41, 5.74) is 2.36. The van der Waals surface area contributed by atoms with E-state index in [-0.39, 0.29) is 18.1 Å². The van der Waals surface area contributed by atoms with Crippen LogP contribution in [0.1, 0.15) is 57.1 Å². The molecule has 17 heteroatoms. The van der Waals surface area contributed by atoms with Crippen LogP contribution in [-0.4, -0.2) is 121 Å². The summed E-state index contributed by atoms with van der Waals surface area (Å²) in [6.07, 6.45) is -0.869. The number of halogens is 3. The van der Waals surface area contributed by atoms with E-state index in [0.29, 0.717) is 48.4 Å². The van der Waals surface area contributed by atoms with Gasteiger partial charge in [-0.1, -0.05) is 37.3 Å². The van der Waals surface area contributed by atoms with Crippen molar-refractivity contribution < 1.29 is 42.8 Å². The molecule has 14 nitrogen and oxygen atoms in total. The molecule has 1 saturated heterocycles. The number of carbonyl (C=O) groups excluding carboxylic acids is 1.